The number of anilines is 3. The number of benzene rings is 4. The van der Waals surface area contributed by atoms with Crippen LogP contribution in [0.2, 0.25) is 0 Å². The summed E-state index contributed by atoms with van der Waals surface area (Å²) in [4.78, 5) is 2.36. The van der Waals surface area contributed by atoms with Gasteiger partial charge in [-0.1, -0.05) is 0 Å². The molecule has 1 saturated heterocycles. The van der Waals surface area contributed by atoms with Crippen LogP contribution in [0.5, 0.6) is 0 Å². The zero-order chi connectivity index (χ0) is 31.5. The zero-order valence-electron chi connectivity index (χ0n) is 26.0. The SMILES string of the molecule is C/C(=C\C(c1ccccc1)[PH]1(OCCNC(=S)Nc2ccccc2)N(c2ccccc2)CCN1c1ccccc1)N(C)CCI. The quantitative estimate of drug-likeness (QED) is 0.0467. The van der Waals surface area contributed by atoms with Gasteiger partial charge in [-0.05, 0) is 0 Å². The first-order valence-electron chi connectivity index (χ1n) is 15.4. The minimum absolute atomic E-state index is 0.00710. The summed E-state index contributed by atoms with van der Waals surface area (Å²) in [5, 5.41) is 7.27. The van der Waals surface area contributed by atoms with E-state index in [-0.39, 0.29) is 5.66 Å². The molecule has 5 rings (SSSR count). The average molecular weight is 752 g/mol. The Morgan fingerprint density at radius 2 is 1.38 bits per heavy atom. The van der Waals surface area contributed by atoms with E-state index in [9.17, 15) is 0 Å². The van der Waals surface area contributed by atoms with E-state index in [0.29, 0.717) is 18.3 Å². The molecule has 9 heteroatoms. The fourth-order valence-corrected chi connectivity index (χ4v) is 11.7. The Bertz CT molecular complexity index is 1470. The van der Waals surface area contributed by atoms with Gasteiger partial charge in [0, 0.05) is 0 Å². The van der Waals surface area contributed by atoms with Crippen molar-refractivity contribution in [3.05, 3.63) is 139 Å². The third kappa shape index (κ3) is 8.17. The van der Waals surface area contributed by atoms with Gasteiger partial charge in [0.15, 0.2) is 0 Å². The van der Waals surface area contributed by atoms with Gasteiger partial charge in [0.05, 0.1) is 0 Å². The molecule has 0 amide bonds. The first-order chi connectivity index (χ1) is 22.0. The molecule has 0 aromatic heterocycles. The van der Waals surface area contributed by atoms with Gasteiger partial charge in [-0.3, -0.25) is 0 Å². The van der Waals surface area contributed by atoms with Gasteiger partial charge in [-0.2, -0.15) is 0 Å². The van der Waals surface area contributed by atoms with Gasteiger partial charge < -0.3 is 0 Å². The molecule has 0 spiro atoms. The third-order valence-electron chi connectivity index (χ3n) is 8.18. The normalized spacial score (nSPS) is 15.8. The number of thiocarbonyl (C=S) groups is 1. The molecule has 1 aliphatic heterocycles. The molecule has 1 atom stereocenters. The molecule has 4 aromatic rings. The minimum atomic E-state index is -3.06. The van der Waals surface area contributed by atoms with Crippen LogP contribution in [0, 0.1) is 0 Å². The van der Waals surface area contributed by atoms with E-state index in [4.69, 9.17) is 16.7 Å². The number of allylic oxidation sites excluding steroid dienone is 2. The predicted molar refractivity (Wildman–Crippen MR) is 207 cm³/mol. The van der Waals surface area contributed by atoms with Gasteiger partial charge in [0.25, 0.3) is 0 Å². The number of nitrogens with one attached hydrogen (secondary N) is 2. The monoisotopic (exact) mass is 751 g/mol. The molecule has 1 heterocycles. The second-order valence-electron chi connectivity index (χ2n) is 11.0. The summed E-state index contributed by atoms with van der Waals surface area (Å²) in [5.41, 5.74) is 5.84. The molecule has 0 bridgehead atoms. The first-order valence-corrected chi connectivity index (χ1v) is 19.2. The molecule has 1 aliphatic rings. The predicted octanol–water partition coefficient (Wildman–Crippen LogP) is 8.52. The van der Waals surface area contributed by atoms with E-state index in [0.717, 1.165) is 29.7 Å². The Labute approximate surface area is 288 Å². The molecule has 1 fully saturated rings. The molecular formula is C36H43IN5OPS. The average Bonchev–Trinajstić information content (AvgIpc) is 3.47. The van der Waals surface area contributed by atoms with Gasteiger partial charge in [-0.15, -0.1) is 0 Å². The standard InChI is InChI=1S/C36H43IN5OPS/c1-30(40(2)25-23-37)29-35(31-15-7-3-8-16-31)44(43-28-24-38-36(45)39-32-17-9-4-10-18-32)41(33-19-11-5-12-20-33)26-27-42(44)34-21-13-6-14-22-34/h3-22,29,35,44H,23-28H2,1-2H3,(H2,38,39,45)/b30-29+. The molecule has 45 heavy (non-hydrogen) atoms. The van der Waals surface area contributed by atoms with Crippen LogP contribution in [0.15, 0.2) is 133 Å². The Kier molecular flexibility index (Phi) is 12.1. The maximum absolute atomic E-state index is 7.46. The summed E-state index contributed by atoms with van der Waals surface area (Å²) >= 11 is 8.10. The molecule has 0 aliphatic carbocycles. The van der Waals surface area contributed by atoms with Crippen LogP contribution in [0.1, 0.15) is 18.1 Å². The Morgan fingerprint density at radius 3 is 1.91 bits per heavy atom. The summed E-state index contributed by atoms with van der Waals surface area (Å²) in [6.45, 7) is 6.03. The van der Waals surface area contributed by atoms with Crippen molar-refractivity contribution in [2.75, 3.05) is 58.9 Å². The van der Waals surface area contributed by atoms with Crippen molar-refractivity contribution in [1.82, 2.24) is 10.2 Å². The number of rotatable bonds is 13. The number of para-hydroxylation sites is 3. The second-order valence-corrected chi connectivity index (χ2v) is 15.8. The van der Waals surface area contributed by atoms with Crippen LogP contribution in [0.3, 0.4) is 0 Å². The number of halogens is 1. The van der Waals surface area contributed by atoms with E-state index < -0.39 is 7.79 Å². The van der Waals surface area contributed by atoms with E-state index in [2.05, 4.69) is 159 Å². The molecule has 2 N–H and O–H groups in total. The number of nitrogens with zero attached hydrogens (tertiary/aromatic N) is 3. The van der Waals surface area contributed by atoms with Crippen LogP contribution in [0.25, 0.3) is 0 Å². The maximum atomic E-state index is 7.46. The van der Waals surface area contributed by atoms with Crippen molar-refractivity contribution >= 4 is 64.8 Å². The van der Waals surface area contributed by atoms with Gasteiger partial charge >= 0.3 is 290 Å². The topological polar surface area (TPSA) is 43.0 Å². The second kappa shape index (κ2) is 16.4. The first kappa shape index (κ1) is 33.2. The van der Waals surface area contributed by atoms with Crippen molar-refractivity contribution in [1.29, 1.82) is 0 Å². The van der Waals surface area contributed by atoms with Crippen molar-refractivity contribution in [2.24, 2.45) is 0 Å². The van der Waals surface area contributed by atoms with Crippen LogP contribution < -0.4 is 20.0 Å². The molecular weight excluding hydrogens is 708 g/mol. The number of alkyl halides is 1. The van der Waals surface area contributed by atoms with Gasteiger partial charge in [0.1, 0.15) is 0 Å². The van der Waals surface area contributed by atoms with E-state index in [1.54, 1.807) is 0 Å². The summed E-state index contributed by atoms with van der Waals surface area (Å²) in [7, 11) is -0.877. The van der Waals surface area contributed by atoms with Crippen LogP contribution in [-0.2, 0) is 4.52 Å². The Balaban J connectivity index is 1.58. The van der Waals surface area contributed by atoms with Crippen LogP contribution >= 0.6 is 42.6 Å². The van der Waals surface area contributed by atoms with Crippen molar-refractivity contribution in [2.45, 2.75) is 12.6 Å². The summed E-state index contributed by atoms with van der Waals surface area (Å²) in [6, 6.07) is 42.5. The van der Waals surface area contributed by atoms with Crippen LogP contribution in [0.4, 0.5) is 17.1 Å². The summed E-state index contributed by atoms with van der Waals surface area (Å²) in [5.74, 6) is 0. The Hall–Kier alpha value is -3.17. The van der Waals surface area contributed by atoms with Crippen LogP contribution in [-0.4, -0.2) is 54.3 Å². The van der Waals surface area contributed by atoms with E-state index >= 15 is 0 Å². The van der Waals surface area contributed by atoms with Gasteiger partial charge in [0.2, 0.25) is 0 Å². The molecule has 1 unspecified atom stereocenters. The molecule has 6 nitrogen and oxygen atoms in total. The molecule has 0 saturated carbocycles. The number of hydrogen-bond donors (Lipinski definition) is 2. The third-order valence-corrected chi connectivity index (χ3v) is 13.4. The zero-order valence-corrected chi connectivity index (χ0v) is 30.0. The van der Waals surface area contributed by atoms with E-state index in [1.165, 1.54) is 22.6 Å². The molecule has 4 aromatic carbocycles. The fourth-order valence-electron chi connectivity index (χ4n) is 5.91. The molecule has 236 valence electrons. The fraction of sp³-hybridized carbons (Fsp3) is 0.250. The Morgan fingerprint density at radius 1 is 0.867 bits per heavy atom. The van der Waals surface area contributed by atoms with Crippen molar-refractivity contribution in [3.63, 3.8) is 0 Å². The molecule has 0 radical (unpaired) electrons. The van der Waals surface area contributed by atoms with Crippen molar-refractivity contribution < 1.29 is 4.52 Å². The van der Waals surface area contributed by atoms with Crippen molar-refractivity contribution in [3.8, 4) is 0 Å². The summed E-state index contributed by atoms with van der Waals surface area (Å²) < 4.78 is 13.7. The number of hydrogen-bond acceptors (Lipinski definition) is 5. The summed E-state index contributed by atoms with van der Waals surface area (Å²) in [6.07, 6.45) is 2.46. The van der Waals surface area contributed by atoms with Gasteiger partial charge in [-0.25, -0.2) is 0 Å². The van der Waals surface area contributed by atoms with E-state index in [1.807, 2.05) is 30.3 Å².